The second kappa shape index (κ2) is 7.24. The standard InChI is InChI=1S/C14H18ClFN2O2/c1-9(7-13(19)17-2)18(3)14(20)8-10-11(15)5-4-6-12(10)16/h4-6,9H,7-8H2,1-3H3,(H,17,19)/t9-/m1/s1. The Bertz CT molecular complexity index is 488. The third-order valence-electron chi connectivity index (χ3n) is 3.20. The molecule has 0 aliphatic rings. The lowest BCUT2D eigenvalue weighted by Crippen LogP contribution is -2.39. The van der Waals surface area contributed by atoms with Gasteiger partial charge >= 0.3 is 0 Å². The number of halogens is 2. The first-order chi connectivity index (χ1) is 9.36. The van der Waals surface area contributed by atoms with Gasteiger partial charge in [0, 0.05) is 37.1 Å². The second-order valence-corrected chi connectivity index (χ2v) is 5.02. The first-order valence-corrected chi connectivity index (χ1v) is 6.63. The average Bonchev–Trinajstić information content (AvgIpc) is 2.41. The van der Waals surface area contributed by atoms with E-state index in [1.165, 1.54) is 24.1 Å². The molecule has 0 fully saturated rings. The summed E-state index contributed by atoms with van der Waals surface area (Å²) in [5.41, 5.74) is 0.179. The van der Waals surface area contributed by atoms with E-state index >= 15 is 0 Å². The highest BCUT2D eigenvalue weighted by Crippen LogP contribution is 2.20. The number of amides is 2. The van der Waals surface area contributed by atoms with Crippen molar-refractivity contribution in [3.05, 3.63) is 34.6 Å². The molecule has 110 valence electrons. The van der Waals surface area contributed by atoms with Crippen LogP contribution >= 0.6 is 11.6 Å². The van der Waals surface area contributed by atoms with Gasteiger partial charge in [0.2, 0.25) is 11.8 Å². The lowest BCUT2D eigenvalue weighted by Gasteiger charge is -2.24. The van der Waals surface area contributed by atoms with Gasteiger partial charge in [-0.25, -0.2) is 4.39 Å². The molecule has 0 saturated heterocycles. The monoisotopic (exact) mass is 300 g/mol. The Kier molecular flexibility index (Phi) is 5.95. The van der Waals surface area contributed by atoms with Gasteiger partial charge in [-0.3, -0.25) is 9.59 Å². The van der Waals surface area contributed by atoms with E-state index in [-0.39, 0.29) is 41.3 Å². The fraction of sp³-hybridized carbons (Fsp3) is 0.429. The first kappa shape index (κ1) is 16.4. The maximum Gasteiger partial charge on any atom is 0.227 e. The predicted molar refractivity (Wildman–Crippen MR) is 76.0 cm³/mol. The summed E-state index contributed by atoms with van der Waals surface area (Å²) in [6, 6.07) is 4.03. The van der Waals surface area contributed by atoms with Crippen LogP contribution < -0.4 is 5.32 Å². The smallest absolute Gasteiger partial charge is 0.227 e. The molecule has 0 bridgehead atoms. The van der Waals surface area contributed by atoms with Crippen LogP contribution in [-0.4, -0.2) is 36.9 Å². The summed E-state index contributed by atoms with van der Waals surface area (Å²) in [4.78, 5) is 24.8. The van der Waals surface area contributed by atoms with E-state index in [2.05, 4.69) is 5.32 Å². The third kappa shape index (κ3) is 4.20. The van der Waals surface area contributed by atoms with Gasteiger partial charge in [0.1, 0.15) is 5.82 Å². The highest BCUT2D eigenvalue weighted by molar-refractivity contribution is 6.31. The van der Waals surface area contributed by atoms with Gasteiger partial charge in [0.15, 0.2) is 0 Å². The molecule has 1 atom stereocenters. The fourth-order valence-electron chi connectivity index (χ4n) is 1.73. The highest BCUT2D eigenvalue weighted by Gasteiger charge is 2.20. The quantitative estimate of drug-likeness (QED) is 0.904. The molecule has 0 aliphatic heterocycles. The largest absolute Gasteiger partial charge is 0.359 e. The lowest BCUT2D eigenvalue weighted by molar-refractivity contribution is -0.132. The van der Waals surface area contributed by atoms with E-state index in [4.69, 9.17) is 11.6 Å². The van der Waals surface area contributed by atoms with Crippen molar-refractivity contribution in [2.45, 2.75) is 25.8 Å². The minimum atomic E-state index is -0.502. The number of likely N-dealkylation sites (N-methyl/N-ethyl adjacent to an activating group) is 1. The zero-order valence-corrected chi connectivity index (χ0v) is 12.5. The summed E-state index contributed by atoms with van der Waals surface area (Å²) in [5, 5.41) is 2.73. The number of hydrogen-bond acceptors (Lipinski definition) is 2. The van der Waals surface area contributed by atoms with Gasteiger partial charge in [-0.05, 0) is 19.1 Å². The first-order valence-electron chi connectivity index (χ1n) is 6.26. The Morgan fingerprint density at radius 2 is 2.10 bits per heavy atom. The van der Waals surface area contributed by atoms with E-state index < -0.39 is 5.82 Å². The Morgan fingerprint density at radius 3 is 2.65 bits per heavy atom. The van der Waals surface area contributed by atoms with Gasteiger partial charge in [0.25, 0.3) is 0 Å². The van der Waals surface area contributed by atoms with Gasteiger partial charge in [-0.1, -0.05) is 17.7 Å². The summed E-state index contributed by atoms with van der Waals surface area (Å²) in [6.45, 7) is 1.76. The van der Waals surface area contributed by atoms with Crippen LogP contribution in [0.2, 0.25) is 5.02 Å². The molecule has 20 heavy (non-hydrogen) atoms. The number of carbonyl (C=O) groups is 2. The molecule has 0 heterocycles. The van der Waals surface area contributed by atoms with Crippen LogP contribution in [0.1, 0.15) is 18.9 Å². The van der Waals surface area contributed by atoms with E-state index in [0.29, 0.717) is 0 Å². The van der Waals surface area contributed by atoms with Crippen molar-refractivity contribution < 1.29 is 14.0 Å². The summed E-state index contributed by atoms with van der Waals surface area (Å²) in [5.74, 6) is -0.937. The molecule has 4 nitrogen and oxygen atoms in total. The Balaban J connectivity index is 2.73. The van der Waals surface area contributed by atoms with Crippen LogP contribution in [0.25, 0.3) is 0 Å². The van der Waals surface area contributed by atoms with Crippen molar-refractivity contribution >= 4 is 23.4 Å². The van der Waals surface area contributed by atoms with E-state index in [1.807, 2.05) is 0 Å². The molecule has 1 aromatic carbocycles. The molecule has 0 aliphatic carbocycles. The highest BCUT2D eigenvalue weighted by atomic mass is 35.5. The van der Waals surface area contributed by atoms with Gasteiger partial charge in [-0.2, -0.15) is 0 Å². The summed E-state index contributed by atoms with van der Waals surface area (Å²) in [7, 11) is 3.13. The summed E-state index contributed by atoms with van der Waals surface area (Å²) in [6.07, 6.45) is 0.0732. The molecule has 0 spiro atoms. The van der Waals surface area contributed by atoms with E-state index in [0.717, 1.165) is 0 Å². The SMILES string of the molecule is CNC(=O)C[C@@H](C)N(C)C(=O)Cc1c(F)cccc1Cl. The zero-order chi connectivity index (χ0) is 15.3. The Labute approximate surface area is 122 Å². The number of nitrogens with one attached hydrogen (secondary N) is 1. The molecular formula is C14H18ClFN2O2. The second-order valence-electron chi connectivity index (χ2n) is 4.61. The topological polar surface area (TPSA) is 49.4 Å². The van der Waals surface area contributed by atoms with Crippen molar-refractivity contribution in [2.75, 3.05) is 14.1 Å². The van der Waals surface area contributed by atoms with Crippen LogP contribution in [-0.2, 0) is 16.0 Å². The predicted octanol–water partition coefficient (Wildman–Crippen LogP) is 2.00. The van der Waals surface area contributed by atoms with E-state index in [9.17, 15) is 14.0 Å². The maximum absolute atomic E-state index is 13.6. The average molecular weight is 301 g/mol. The fourth-order valence-corrected chi connectivity index (χ4v) is 1.96. The molecule has 1 aromatic rings. The molecule has 0 saturated carbocycles. The van der Waals surface area contributed by atoms with Gasteiger partial charge in [0.05, 0.1) is 6.42 Å². The van der Waals surface area contributed by atoms with Crippen molar-refractivity contribution in [1.82, 2.24) is 10.2 Å². The maximum atomic E-state index is 13.6. The van der Waals surface area contributed by atoms with Crippen molar-refractivity contribution in [3.63, 3.8) is 0 Å². The molecule has 0 aromatic heterocycles. The van der Waals surface area contributed by atoms with Crippen LogP contribution in [0.4, 0.5) is 4.39 Å². The Hall–Kier alpha value is -1.62. The third-order valence-corrected chi connectivity index (χ3v) is 3.56. The normalized spacial score (nSPS) is 11.8. The lowest BCUT2D eigenvalue weighted by atomic mass is 10.1. The van der Waals surface area contributed by atoms with Gasteiger partial charge in [-0.15, -0.1) is 0 Å². The molecule has 6 heteroatoms. The molecule has 0 radical (unpaired) electrons. The number of rotatable bonds is 5. The molecular weight excluding hydrogens is 283 g/mol. The summed E-state index contributed by atoms with van der Waals surface area (Å²) >= 11 is 5.89. The number of nitrogens with zero attached hydrogens (tertiary/aromatic N) is 1. The van der Waals surface area contributed by atoms with Crippen molar-refractivity contribution in [1.29, 1.82) is 0 Å². The van der Waals surface area contributed by atoms with Crippen molar-refractivity contribution in [3.8, 4) is 0 Å². The van der Waals surface area contributed by atoms with Crippen LogP contribution in [0.15, 0.2) is 18.2 Å². The zero-order valence-electron chi connectivity index (χ0n) is 11.7. The molecule has 1 rings (SSSR count). The number of benzene rings is 1. The van der Waals surface area contributed by atoms with Crippen molar-refractivity contribution in [2.24, 2.45) is 0 Å². The minimum absolute atomic E-state index is 0.125. The Morgan fingerprint density at radius 1 is 1.45 bits per heavy atom. The minimum Gasteiger partial charge on any atom is -0.359 e. The summed E-state index contributed by atoms with van der Waals surface area (Å²) < 4.78 is 13.6. The molecule has 0 unspecified atom stereocenters. The van der Waals surface area contributed by atoms with E-state index in [1.54, 1.807) is 20.0 Å². The molecule has 2 amide bonds. The van der Waals surface area contributed by atoms with Crippen LogP contribution in [0.3, 0.4) is 0 Å². The van der Waals surface area contributed by atoms with Gasteiger partial charge < -0.3 is 10.2 Å². The number of hydrogen-bond donors (Lipinski definition) is 1. The van der Waals surface area contributed by atoms with Crippen LogP contribution in [0.5, 0.6) is 0 Å². The molecule has 1 N–H and O–H groups in total. The number of carbonyl (C=O) groups excluding carboxylic acids is 2. The van der Waals surface area contributed by atoms with Crippen LogP contribution in [0, 0.1) is 5.82 Å².